The number of amides is 1. The maximum absolute atomic E-state index is 12.2. The van der Waals surface area contributed by atoms with Gasteiger partial charge in [-0.25, -0.2) is 0 Å². The van der Waals surface area contributed by atoms with E-state index in [9.17, 15) is 4.79 Å². The first-order valence-electron chi connectivity index (χ1n) is 6.36. The zero-order valence-electron chi connectivity index (χ0n) is 11.3. The molecule has 0 saturated carbocycles. The lowest BCUT2D eigenvalue weighted by molar-refractivity contribution is 0.101. The van der Waals surface area contributed by atoms with Crippen molar-refractivity contribution in [2.24, 2.45) is 7.05 Å². The van der Waals surface area contributed by atoms with Crippen LogP contribution in [0.1, 0.15) is 10.5 Å². The molecular formula is C15H13BrN4O. The van der Waals surface area contributed by atoms with Gasteiger partial charge >= 0.3 is 0 Å². The van der Waals surface area contributed by atoms with Crippen LogP contribution >= 0.6 is 15.9 Å². The minimum atomic E-state index is -0.141. The molecule has 1 aromatic carbocycles. The zero-order valence-corrected chi connectivity index (χ0v) is 12.9. The van der Waals surface area contributed by atoms with Crippen molar-refractivity contribution in [3.8, 4) is 11.3 Å². The molecule has 0 unspecified atom stereocenters. The number of hydrogen-bond donors (Lipinski definition) is 2. The van der Waals surface area contributed by atoms with Crippen LogP contribution in [0.2, 0.25) is 0 Å². The molecule has 0 aliphatic carbocycles. The highest BCUT2D eigenvalue weighted by atomic mass is 79.9. The van der Waals surface area contributed by atoms with Crippen LogP contribution in [0.15, 0.2) is 53.3 Å². The Balaban J connectivity index is 1.76. The zero-order chi connectivity index (χ0) is 14.8. The molecule has 0 spiro atoms. The third kappa shape index (κ3) is 2.90. The summed E-state index contributed by atoms with van der Waals surface area (Å²) in [7, 11) is 1.83. The Bertz CT molecular complexity index is 760. The van der Waals surface area contributed by atoms with Gasteiger partial charge in [0.25, 0.3) is 5.91 Å². The predicted octanol–water partition coefficient (Wildman–Crippen LogP) is 3.43. The molecule has 0 atom stereocenters. The van der Waals surface area contributed by atoms with Crippen molar-refractivity contribution in [3.05, 3.63) is 59.0 Å². The van der Waals surface area contributed by atoms with Crippen molar-refractivity contribution in [1.29, 1.82) is 0 Å². The number of aryl methyl sites for hydroxylation is 1. The van der Waals surface area contributed by atoms with E-state index in [1.54, 1.807) is 16.8 Å². The number of rotatable bonds is 3. The molecule has 3 aromatic rings. The van der Waals surface area contributed by atoms with Gasteiger partial charge in [-0.15, -0.1) is 0 Å². The molecule has 2 N–H and O–H groups in total. The fourth-order valence-electron chi connectivity index (χ4n) is 2.09. The van der Waals surface area contributed by atoms with E-state index in [1.807, 2.05) is 43.6 Å². The van der Waals surface area contributed by atoms with Gasteiger partial charge in [0.2, 0.25) is 0 Å². The minimum Gasteiger partial charge on any atom is -0.345 e. The fourth-order valence-corrected chi connectivity index (χ4v) is 2.62. The number of aromatic amines is 1. The maximum atomic E-state index is 12.2. The molecule has 0 radical (unpaired) electrons. The van der Waals surface area contributed by atoms with E-state index in [4.69, 9.17) is 0 Å². The third-order valence-electron chi connectivity index (χ3n) is 3.16. The van der Waals surface area contributed by atoms with E-state index in [2.05, 4.69) is 31.4 Å². The first-order valence-corrected chi connectivity index (χ1v) is 7.16. The highest BCUT2D eigenvalue weighted by Crippen LogP contribution is 2.20. The lowest BCUT2D eigenvalue weighted by Gasteiger charge is -2.06. The molecule has 1 amide bonds. The smallest absolute Gasteiger partial charge is 0.272 e. The molecule has 0 aliphatic rings. The van der Waals surface area contributed by atoms with E-state index in [-0.39, 0.29) is 5.91 Å². The van der Waals surface area contributed by atoms with Gasteiger partial charge in [-0.3, -0.25) is 9.89 Å². The predicted molar refractivity (Wildman–Crippen MR) is 85.1 cm³/mol. The van der Waals surface area contributed by atoms with Gasteiger partial charge < -0.3 is 9.88 Å². The van der Waals surface area contributed by atoms with Gasteiger partial charge in [0.05, 0.1) is 5.69 Å². The SMILES string of the molecule is Cn1cc(Br)cc1C(=O)Nc1ccc(-c2ccn[nH]2)cc1. The number of anilines is 1. The first kappa shape index (κ1) is 13.6. The van der Waals surface area contributed by atoms with Crippen LogP contribution in [0.25, 0.3) is 11.3 Å². The second-order valence-electron chi connectivity index (χ2n) is 4.66. The Labute approximate surface area is 130 Å². The van der Waals surface area contributed by atoms with Crippen LogP contribution in [0.4, 0.5) is 5.69 Å². The normalized spacial score (nSPS) is 10.6. The molecule has 2 heterocycles. The minimum absolute atomic E-state index is 0.141. The largest absolute Gasteiger partial charge is 0.345 e. The molecule has 0 aliphatic heterocycles. The van der Waals surface area contributed by atoms with E-state index in [0.29, 0.717) is 5.69 Å². The molecule has 106 valence electrons. The number of hydrogen-bond acceptors (Lipinski definition) is 2. The van der Waals surface area contributed by atoms with E-state index in [1.165, 1.54) is 0 Å². The molecule has 6 heteroatoms. The summed E-state index contributed by atoms with van der Waals surface area (Å²) in [6.45, 7) is 0. The van der Waals surface area contributed by atoms with Crippen LogP contribution < -0.4 is 5.32 Å². The standard InChI is InChI=1S/C15H13BrN4O/c1-20-9-11(16)8-14(20)15(21)18-12-4-2-10(3-5-12)13-6-7-17-19-13/h2-9H,1H3,(H,17,19)(H,18,21). The van der Waals surface area contributed by atoms with Gasteiger partial charge in [0.1, 0.15) is 5.69 Å². The van der Waals surface area contributed by atoms with Crippen molar-refractivity contribution < 1.29 is 4.79 Å². The summed E-state index contributed by atoms with van der Waals surface area (Å²) in [6, 6.07) is 11.3. The van der Waals surface area contributed by atoms with Crippen LogP contribution in [-0.2, 0) is 7.05 Å². The van der Waals surface area contributed by atoms with Crippen LogP contribution in [0.3, 0.4) is 0 Å². The average molecular weight is 345 g/mol. The number of aromatic nitrogens is 3. The second kappa shape index (κ2) is 5.57. The lowest BCUT2D eigenvalue weighted by Crippen LogP contribution is -2.15. The molecular weight excluding hydrogens is 332 g/mol. The fraction of sp³-hybridized carbons (Fsp3) is 0.0667. The third-order valence-corrected chi connectivity index (χ3v) is 3.59. The number of halogens is 1. The Morgan fingerprint density at radius 2 is 2.05 bits per heavy atom. The Hall–Kier alpha value is -2.34. The summed E-state index contributed by atoms with van der Waals surface area (Å²) >= 11 is 3.36. The van der Waals surface area contributed by atoms with E-state index < -0.39 is 0 Å². The topological polar surface area (TPSA) is 62.7 Å². The molecule has 21 heavy (non-hydrogen) atoms. The average Bonchev–Trinajstić information content (AvgIpc) is 3.09. The highest BCUT2D eigenvalue weighted by molar-refractivity contribution is 9.10. The quantitative estimate of drug-likeness (QED) is 0.764. The van der Waals surface area contributed by atoms with Gasteiger partial charge in [-0.05, 0) is 45.8 Å². The molecule has 0 bridgehead atoms. The molecule has 0 saturated heterocycles. The number of H-pyrrole nitrogens is 1. The maximum Gasteiger partial charge on any atom is 0.272 e. The summed E-state index contributed by atoms with van der Waals surface area (Å²) in [5.74, 6) is -0.141. The van der Waals surface area contributed by atoms with Gasteiger partial charge in [0, 0.05) is 29.6 Å². The summed E-state index contributed by atoms with van der Waals surface area (Å²) in [6.07, 6.45) is 3.55. The first-order chi connectivity index (χ1) is 10.1. The van der Waals surface area contributed by atoms with Crippen molar-refractivity contribution >= 4 is 27.5 Å². The monoisotopic (exact) mass is 344 g/mol. The summed E-state index contributed by atoms with van der Waals surface area (Å²) in [4.78, 5) is 12.2. The summed E-state index contributed by atoms with van der Waals surface area (Å²) < 4.78 is 2.66. The second-order valence-corrected chi connectivity index (χ2v) is 5.57. The number of benzene rings is 1. The summed E-state index contributed by atoms with van der Waals surface area (Å²) in [5, 5.41) is 9.70. The number of nitrogens with zero attached hydrogens (tertiary/aromatic N) is 2. The van der Waals surface area contributed by atoms with Crippen molar-refractivity contribution in [2.75, 3.05) is 5.32 Å². The number of carbonyl (C=O) groups excluding carboxylic acids is 1. The number of carbonyl (C=O) groups is 1. The number of nitrogens with one attached hydrogen (secondary N) is 2. The van der Waals surface area contributed by atoms with Crippen molar-refractivity contribution in [1.82, 2.24) is 14.8 Å². The summed E-state index contributed by atoms with van der Waals surface area (Å²) in [5.41, 5.74) is 3.31. The molecule has 3 rings (SSSR count). The molecule has 5 nitrogen and oxygen atoms in total. The van der Waals surface area contributed by atoms with Gasteiger partial charge in [-0.1, -0.05) is 12.1 Å². The Morgan fingerprint density at radius 3 is 2.62 bits per heavy atom. The highest BCUT2D eigenvalue weighted by Gasteiger charge is 2.11. The van der Waals surface area contributed by atoms with E-state index >= 15 is 0 Å². The van der Waals surface area contributed by atoms with Crippen molar-refractivity contribution in [2.45, 2.75) is 0 Å². The van der Waals surface area contributed by atoms with E-state index in [0.717, 1.165) is 21.4 Å². The van der Waals surface area contributed by atoms with Crippen LogP contribution in [-0.4, -0.2) is 20.7 Å². The van der Waals surface area contributed by atoms with Gasteiger partial charge in [0.15, 0.2) is 0 Å². The van der Waals surface area contributed by atoms with Crippen LogP contribution in [0, 0.1) is 0 Å². The van der Waals surface area contributed by atoms with Gasteiger partial charge in [-0.2, -0.15) is 5.10 Å². The van der Waals surface area contributed by atoms with Crippen molar-refractivity contribution in [3.63, 3.8) is 0 Å². The Morgan fingerprint density at radius 1 is 1.29 bits per heavy atom. The van der Waals surface area contributed by atoms with Crippen LogP contribution in [0.5, 0.6) is 0 Å². The molecule has 0 fully saturated rings. The molecule has 2 aromatic heterocycles. The lowest BCUT2D eigenvalue weighted by atomic mass is 10.1. The Kier molecular flexibility index (Phi) is 3.62.